The van der Waals surface area contributed by atoms with Crippen molar-refractivity contribution in [1.29, 1.82) is 0 Å². The molecule has 0 spiro atoms. The van der Waals surface area contributed by atoms with Gasteiger partial charge in [-0.25, -0.2) is 0 Å². The van der Waals surface area contributed by atoms with Gasteiger partial charge in [0.05, 0.1) is 0 Å². The molecule has 2 nitrogen and oxygen atoms in total. The molecule has 2 aromatic carbocycles. The van der Waals surface area contributed by atoms with E-state index in [2.05, 4.69) is 49.5 Å². The van der Waals surface area contributed by atoms with Gasteiger partial charge in [-0.1, -0.05) is 56.3 Å². The van der Waals surface area contributed by atoms with Gasteiger partial charge in [-0.2, -0.15) is 0 Å². The second-order valence-electron chi connectivity index (χ2n) is 5.30. The summed E-state index contributed by atoms with van der Waals surface area (Å²) in [5.74, 6) is 1.44. The molecule has 0 aliphatic carbocycles. The fourth-order valence-corrected chi connectivity index (χ4v) is 2.19. The van der Waals surface area contributed by atoms with Gasteiger partial charge in [0.1, 0.15) is 11.9 Å². The summed E-state index contributed by atoms with van der Waals surface area (Å²) in [6.07, 6.45) is 0.0311. The maximum absolute atomic E-state index is 6.17. The molecule has 0 heterocycles. The lowest BCUT2D eigenvalue weighted by Gasteiger charge is -2.20. The van der Waals surface area contributed by atoms with E-state index in [1.807, 2.05) is 31.3 Å². The van der Waals surface area contributed by atoms with Crippen LogP contribution in [-0.4, -0.2) is 13.6 Å². The van der Waals surface area contributed by atoms with Gasteiger partial charge in [0.15, 0.2) is 0 Å². The van der Waals surface area contributed by atoms with E-state index in [4.69, 9.17) is 4.74 Å². The van der Waals surface area contributed by atoms with E-state index in [0.29, 0.717) is 5.92 Å². The second kappa shape index (κ2) is 7.11. The van der Waals surface area contributed by atoms with Gasteiger partial charge in [-0.05, 0) is 36.2 Å². The van der Waals surface area contributed by atoms with Crippen molar-refractivity contribution in [1.82, 2.24) is 5.32 Å². The highest BCUT2D eigenvalue weighted by Gasteiger charge is 2.12. The van der Waals surface area contributed by atoms with Crippen LogP contribution in [0.15, 0.2) is 54.6 Å². The summed E-state index contributed by atoms with van der Waals surface area (Å²) in [6, 6.07) is 18.7. The lowest BCUT2D eigenvalue weighted by atomic mass is 10.0. The first-order valence-electron chi connectivity index (χ1n) is 7.17. The summed E-state index contributed by atoms with van der Waals surface area (Å²) in [5, 5.41) is 3.20. The highest BCUT2D eigenvalue weighted by Crippen LogP contribution is 2.25. The van der Waals surface area contributed by atoms with Crippen LogP contribution in [0, 0.1) is 0 Å². The molecular formula is C18H23NO. The Morgan fingerprint density at radius 2 is 1.65 bits per heavy atom. The molecule has 0 aromatic heterocycles. The average molecular weight is 269 g/mol. The number of hydrogen-bond acceptors (Lipinski definition) is 2. The zero-order valence-corrected chi connectivity index (χ0v) is 12.5. The molecule has 0 radical (unpaired) electrons. The van der Waals surface area contributed by atoms with Crippen molar-refractivity contribution in [3.05, 3.63) is 65.7 Å². The molecule has 106 valence electrons. The van der Waals surface area contributed by atoms with E-state index in [9.17, 15) is 0 Å². The van der Waals surface area contributed by atoms with Crippen molar-refractivity contribution >= 4 is 0 Å². The molecule has 2 rings (SSSR count). The zero-order chi connectivity index (χ0) is 14.4. The maximum atomic E-state index is 6.17. The van der Waals surface area contributed by atoms with E-state index < -0.39 is 0 Å². The van der Waals surface area contributed by atoms with E-state index in [1.54, 1.807) is 0 Å². The van der Waals surface area contributed by atoms with E-state index in [0.717, 1.165) is 12.3 Å². The molecule has 0 saturated carbocycles. The van der Waals surface area contributed by atoms with Crippen LogP contribution in [0.3, 0.4) is 0 Å². The van der Waals surface area contributed by atoms with Crippen molar-refractivity contribution in [3.63, 3.8) is 0 Å². The minimum absolute atomic E-state index is 0.0311. The van der Waals surface area contributed by atoms with Gasteiger partial charge in [-0.3, -0.25) is 0 Å². The van der Waals surface area contributed by atoms with Crippen molar-refractivity contribution in [2.24, 2.45) is 0 Å². The van der Waals surface area contributed by atoms with E-state index in [-0.39, 0.29) is 6.10 Å². The molecule has 2 aromatic rings. The predicted octanol–water partition coefficient (Wildman–Crippen LogP) is 4.15. The number of likely N-dealkylation sites (N-methyl/N-ethyl adjacent to an activating group) is 1. The predicted molar refractivity (Wildman–Crippen MR) is 84.3 cm³/mol. The summed E-state index contributed by atoms with van der Waals surface area (Å²) in [4.78, 5) is 0. The number of ether oxygens (including phenoxy) is 1. The third-order valence-corrected chi connectivity index (χ3v) is 3.36. The van der Waals surface area contributed by atoms with E-state index in [1.165, 1.54) is 11.1 Å². The Labute approximate surface area is 121 Å². The fraction of sp³-hybridized carbons (Fsp3) is 0.333. The van der Waals surface area contributed by atoms with Gasteiger partial charge < -0.3 is 10.1 Å². The minimum atomic E-state index is 0.0311. The third-order valence-electron chi connectivity index (χ3n) is 3.36. The highest BCUT2D eigenvalue weighted by atomic mass is 16.5. The zero-order valence-electron chi connectivity index (χ0n) is 12.5. The van der Waals surface area contributed by atoms with Crippen LogP contribution in [0.5, 0.6) is 5.75 Å². The second-order valence-corrected chi connectivity index (χ2v) is 5.30. The Bertz CT molecular complexity index is 522. The summed E-state index contributed by atoms with van der Waals surface area (Å²) < 4.78 is 6.17. The molecule has 0 fully saturated rings. The third kappa shape index (κ3) is 3.84. The van der Waals surface area contributed by atoms with Crippen molar-refractivity contribution in [2.75, 3.05) is 13.6 Å². The van der Waals surface area contributed by atoms with Crippen molar-refractivity contribution in [2.45, 2.75) is 25.9 Å². The van der Waals surface area contributed by atoms with Crippen LogP contribution in [0.4, 0.5) is 0 Å². The topological polar surface area (TPSA) is 21.3 Å². The first-order valence-corrected chi connectivity index (χ1v) is 7.17. The number of rotatable bonds is 6. The van der Waals surface area contributed by atoms with Gasteiger partial charge in [0.2, 0.25) is 0 Å². The van der Waals surface area contributed by atoms with Crippen LogP contribution in [0.25, 0.3) is 0 Å². The van der Waals surface area contributed by atoms with Crippen LogP contribution >= 0.6 is 0 Å². The van der Waals surface area contributed by atoms with Gasteiger partial charge in [-0.15, -0.1) is 0 Å². The first-order chi connectivity index (χ1) is 9.70. The molecule has 1 unspecified atom stereocenters. The Morgan fingerprint density at radius 1 is 0.950 bits per heavy atom. The minimum Gasteiger partial charge on any atom is -0.484 e. The van der Waals surface area contributed by atoms with Gasteiger partial charge >= 0.3 is 0 Å². The fourth-order valence-electron chi connectivity index (χ4n) is 2.19. The normalized spacial score (nSPS) is 12.4. The van der Waals surface area contributed by atoms with E-state index >= 15 is 0 Å². The van der Waals surface area contributed by atoms with Gasteiger partial charge in [0, 0.05) is 6.54 Å². The lowest BCUT2D eigenvalue weighted by molar-refractivity contribution is 0.204. The molecule has 0 amide bonds. The molecule has 1 atom stereocenters. The quantitative estimate of drug-likeness (QED) is 0.850. The molecule has 0 aliphatic heterocycles. The largest absolute Gasteiger partial charge is 0.484 e. The molecule has 20 heavy (non-hydrogen) atoms. The summed E-state index contributed by atoms with van der Waals surface area (Å²) in [5.41, 5.74) is 2.50. The summed E-state index contributed by atoms with van der Waals surface area (Å²) in [6.45, 7) is 5.18. The Balaban J connectivity index is 2.18. The molecule has 0 bridgehead atoms. The maximum Gasteiger partial charge on any atom is 0.136 e. The highest BCUT2D eigenvalue weighted by molar-refractivity contribution is 5.31. The molecule has 0 saturated heterocycles. The summed E-state index contributed by atoms with van der Waals surface area (Å²) in [7, 11) is 1.95. The molecule has 0 aliphatic rings. The average Bonchev–Trinajstić information content (AvgIpc) is 2.48. The van der Waals surface area contributed by atoms with Crippen molar-refractivity contribution in [3.8, 4) is 5.75 Å². The Morgan fingerprint density at radius 3 is 2.30 bits per heavy atom. The smallest absolute Gasteiger partial charge is 0.136 e. The number of hydrogen-bond donors (Lipinski definition) is 1. The van der Waals surface area contributed by atoms with Gasteiger partial charge in [0.25, 0.3) is 0 Å². The SMILES string of the molecule is CNCC(Oc1cccc(C(C)C)c1)c1ccccc1. The number of nitrogens with one attached hydrogen (secondary N) is 1. The van der Waals surface area contributed by atoms with Crippen LogP contribution in [0.2, 0.25) is 0 Å². The summed E-state index contributed by atoms with van der Waals surface area (Å²) >= 11 is 0. The number of benzene rings is 2. The molecule has 1 N–H and O–H groups in total. The lowest BCUT2D eigenvalue weighted by Crippen LogP contribution is -2.21. The van der Waals surface area contributed by atoms with Crippen LogP contribution < -0.4 is 10.1 Å². The molecule has 2 heteroatoms. The van der Waals surface area contributed by atoms with Crippen molar-refractivity contribution < 1.29 is 4.74 Å². The standard InChI is InChI=1S/C18H23NO/c1-14(2)16-10-7-11-17(12-16)20-18(13-19-3)15-8-5-4-6-9-15/h4-12,14,18-19H,13H2,1-3H3. The molecular weight excluding hydrogens is 246 g/mol. The first kappa shape index (κ1) is 14.6. The Kier molecular flexibility index (Phi) is 5.19. The van der Waals surface area contributed by atoms with Crippen LogP contribution in [-0.2, 0) is 0 Å². The van der Waals surface area contributed by atoms with Crippen LogP contribution in [0.1, 0.15) is 37.0 Å². The Hall–Kier alpha value is -1.80. The monoisotopic (exact) mass is 269 g/mol.